The van der Waals surface area contributed by atoms with Gasteiger partial charge in [-0.2, -0.15) is 0 Å². The van der Waals surface area contributed by atoms with E-state index in [9.17, 15) is 4.21 Å². The topological polar surface area (TPSA) is 37.3 Å². The standard InChI is InChI=1S/C12H26O.C2H6OS/c1-2-3-4-5-6-7-8-9-10-11-12-13;1-4(2)3/h13H,2-12H2,1H3;1-2H3. The molecule has 0 aromatic carbocycles. The molecule has 1 N–H and O–H groups in total. The maximum Gasteiger partial charge on any atom is 0.0431 e. The monoisotopic (exact) mass is 264 g/mol. The summed E-state index contributed by atoms with van der Waals surface area (Å²) in [6.07, 6.45) is 16.6. The third-order valence-electron chi connectivity index (χ3n) is 2.51. The second kappa shape index (κ2) is 18.5. The average molecular weight is 264 g/mol. The van der Waals surface area contributed by atoms with Crippen LogP contribution in [0, 0.1) is 0 Å². The van der Waals surface area contributed by atoms with Crippen LogP contribution in [0.15, 0.2) is 0 Å². The van der Waals surface area contributed by atoms with E-state index in [-0.39, 0.29) is 0 Å². The van der Waals surface area contributed by atoms with E-state index < -0.39 is 10.8 Å². The highest BCUT2D eigenvalue weighted by atomic mass is 32.2. The summed E-state index contributed by atoms with van der Waals surface area (Å²) < 4.78 is 9.56. The van der Waals surface area contributed by atoms with Crippen LogP contribution in [0.25, 0.3) is 0 Å². The van der Waals surface area contributed by atoms with Crippen molar-refractivity contribution in [3.05, 3.63) is 0 Å². The summed E-state index contributed by atoms with van der Waals surface area (Å²) in [7, 11) is -0.611. The van der Waals surface area contributed by atoms with Gasteiger partial charge in [0.1, 0.15) is 0 Å². The molecule has 0 saturated carbocycles. The van der Waals surface area contributed by atoms with Crippen molar-refractivity contribution in [2.75, 3.05) is 19.1 Å². The van der Waals surface area contributed by atoms with Crippen LogP contribution in [0.4, 0.5) is 0 Å². The molecule has 17 heavy (non-hydrogen) atoms. The molecule has 0 aliphatic heterocycles. The molecular weight excluding hydrogens is 232 g/mol. The van der Waals surface area contributed by atoms with Gasteiger partial charge in [0.2, 0.25) is 0 Å². The number of aliphatic hydroxyl groups is 1. The summed E-state index contributed by atoms with van der Waals surface area (Å²) in [5.74, 6) is 0. The third kappa shape index (κ3) is 31.4. The Morgan fingerprint density at radius 2 is 1.06 bits per heavy atom. The van der Waals surface area contributed by atoms with Crippen LogP contribution in [-0.2, 0) is 10.8 Å². The second-order valence-electron chi connectivity index (χ2n) is 4.65. The first kappa shape index (κ1) is 19.4. The van der Waals surface area contributed by atoms with Crippen molar-refractivity contribution in [3.8, 4) is 0 Å². The minimum atomic E-state index is -0.611. The quantitative estimate of drug-likeness (QED) is 0.608. The predicted molar refractivity (Wildman–Crippen MR) is 78.9 cm³/mol. The lowest BCUT2D eigenvalue weighted by atomic mass is 10.1. The molecule has 2 nitrogen and oxygen atoms in total. The molecule has 0 aliphatic rings. The smallest absolute Gasteiger partial charge is 0.0431 e. The molecule has 0 aromatic rings. The maximum atomic E-state index is 9.56. The lowest BCUT2D eigenvalue weighted by Crippen LogP contribution is -1.84. The second-order valence-corrected chi connectivity index (χ2v) is 6.13. The van der Waals surface area contributed by atoms with E-state index in [0.717, 1.165) is 6.42 Å². The Bertz CT molecular complexity index is 135. The fourth-order valence-corrected chi connectivity index (χ4v) is 1.60. The maximum absolute atomic E-state index is 9.56. The van der Waals surface area contributed by atoms with Gasteiger partial charge < -0.3 is 5.11 Å². The van der Waals surface area contributed by atoms with E-state index in [1.807, 2.05) is 0 Å². The zero-order chi connectivity index (χ0) is 13.4. The summed E-state index contributed by atoms with van der Waals surface area (Å²) in [4.78, 5) is 0. The first-order valence-corrected chi connectivity index (χ1v) is 8.97. The van der Waals surface area contributed by atoms with Crippen molar-refractivity contribution in [1.29, 1.82) is 0 Å². The zero-order valence-electron chi connectivity index (χ0n) is 12.0. The highest BCUT2D eigenvalue weighted by Gasteiger charge is 1.91. The predicted octanol–water partition coefficient (Wildman–Crippen LogP) is 3.89. The van der Waals surface area contributed by atoms with Crippen LogP contribution >= 0.6 is 0 Å². The van der Waals surface area contributed by atoms with Crippen molar-refractivity contribution in [2.45, 2.75) is 71.1 Å². The van der Waals surface area contributed by atoms with Gasteiger partial charge in [-0.25, -0.2) is 0 Å². The summed E-state index contributed by atoms with van der Waals surface area (Å²) in [6, 6.07) is 0. The number of rotatable bonds is 10. The number of aliphatic hydroxyl groups excluding tert-OH is 1. The minimum absolute atomic E-state index is 0.372. The Hall–Kier alpha value is 0.110. The fourth-order valence-electron chi connectivity index (χ4n) is 1.60. The van der Waals surface area contributed by atoms with Crippen LogP contribution in [-0.4, -0.2) is 28.4 Å². The normalized spacial score (nSPS) is 10.2. The van der Waals surface area contributed by atoms with Crippen molar-refractivity contribution in [3.63, 3.8) is 0 Å². The summed E-state index contributed by atoms with van der Waals surface area (Å²) in [5.41, 5.74) is 0. The molecule has 0 heterocycles. The Labute approximate surface area is 111 Å². The lowest BCUT2D eigenvalue weighted by molar-refractivity contribution is 0.282. The van der Waals surface area contributed by atoms with E-state index in [0.29, 0.717) is 6.61 Å². The highest BCUT2D eigenvalue weighted by Crippen LogP contribution is 2.09. The molecule has 106 valence electrons. The molecule has 3 heteroatoms. The molecular formula is C14H32O2S. The van der Waals surface area contributed by atoms with Gasteiger partial charge in [-0.1, -0.05) is 64.7 Å². The van der Waals surface area contributed by atoms with E-state index in [1.54, 1.807) is 12.5 Å². The molecule has 0 atom stereocenters. The summed E-state index contributed by atoms with van der Waals surface area (Å²) in [6.45, 7) is 2.63. The van der Waals surface area contributed by atoms with Crippen LogP contribution in [0.2, 0.25) is 0 Å². The van der Waals surface area contributed by atoms with Crippen LogP contribution in [0.3, 0.4) is 0 Å². The first-order valence-electron chi connectivity index (χ1n) is 7.01. The molecule has 0 saturated heterocycles. The highest BCUT2D eigenvalue weighted by molar-refractivity contribution is 7.83. The number of hydrogen-bond donors (Lipinski definition) is 1. The van der Waals surface area contributed by atoms with Crippen LogP contribution < -0.4 is 0 Å². The van der Waals surface area contributed by atoms with E-state index >= 15 is 0 Å². The molecule has 0 aliphatic carbocycles. The zero-order valence-corrected chi connectivity index (χ0v) is 12.9. The fraction of sp³-hybridized carbons (Fsp3) is 1.00. The van der Waals surface area contributed by atoms with Gasteiger partial charge in [-0.3, -0.25) is 4.21 Å². The van der Waals surface area contributed by atoms with Gasteiger partial charge in [0, 0.05) is 29.9 Å². The average Bonchev–Trinajstić information content (AvgIpc) is 2.26. The van der Waals surface area contributed by atoms with E-state index in [1.165, 1.54) is 57.8 Å². The van der Waals surface area contributed by atoms with Gasteiger partial charge in [0.15, 0.2) is 0 Å². The Kier molecular flexibility index (Phi) is 21.1. The largest absolute Gasteiger partial charge is 0.396 e. The molecule has 0 unspecified atom stereocenters. The van der Waals surface area contributed by atoms with Crippen molar-refractivity contribution < 1.29 is 9.32 Å². The number of unbranched alkanes of at least 4 members (excludes halogenated alkanes) is 9. The first-order chi connectivity index (χ1) is 8.15. The minimum Gasteiger partial charge on any atom is -0.396 e. The van der Waals surface area contributed by atoms with Gasteiger partial charge in [0.25, 0.3) is 0 Å². The summed E-state index contributed by atoms with van der Waals surface area (Å²) >= 11 is 0. The Morgan fingerprint density at radius 3 is 1.35 bits per heavy atom. The van der Waals surface area contributed by atoms with Crippen molar-refractivity contribution >= 4 is 10.8 Å². The summed E-state index contributed by atoms with van der Waals surface area (Å²) in [5, 5.41) is 8.57. The molecule has 0 aromatic heterocycles. The molecule has 0 rings (SSSR count). The number of hydrogen-bond acceptors (Lipinski definition) is 2. The molecule has 0 bridgehead atoms. The van der Waals surface area contributed by atoms with Gasteiger partial charge in [-0.15, -0.1) is 0 Å². The molecule has 0 amide bonds. The van der Waals surface area contributed by atoms with Gasteiger partial charge in [-0.05, 0) is 6.42 Å². The molecule has 0 spiro atoms. The van der Waals surface area contributed by atoms with E-state index in [2.05, 4.69) is 6.92 Å². The van der Waals surface area contributed by atoms with Crippen LogP contribution in [0.5, 0.6) is 0 Å². The Morgan fingerprint density at radius 1 is 0.765 bits per heavy atom. The van der Waals surface area contributed by atoms with Crippen molar-refractivity contribution in [1.82, 2.24) is 0 Å². The molecule has 0 fully saturated rings. The van der Waals surface area contributed by atoms with Crippen molar-refractivity contribution in [2.24, 2.45) is 0 Å². The van der Waals surface area contributed by atoms with Crippen LogP contribution in [0.1, 0.15) is 71.1 Å². The molecule has 0 radical (unpaired) electrons. The van der Waals surface area contributed by atoms with Gasteiger partial charge >= 0.3 is 0 Å². The van der Waals surface area contributed by atoms with Gasteiger partial charge in [0.05, 0.1) is 0 Å². The van der Waals surface area contributed by atoms with E-state index in [4.69, 9.17) is 5.11 Å². The SMILES string of the molecule is CCCCCCCCCCCCO.CS(C)=O. The lowest BCUT2D eigenvalue weighted by Gasteiger charge is -2.00. The third-order valence-corrected chi connectivity index (χ3v) is 2.51. The Balaban J connectivity index is 0.